The van der Waals surface area contributed by atoms with Crippen LogP contribution in [-0.2, 0) is 4.79 Å². The van der Waals surface area contributed by atoms with Crippen LogP contribution in [-0.4, -0.2) is 36.9 Å². The van der Waals surface area contributed by atoms with E-state index in [4.69, 9.17) is 0 Å². The zero-order chi connectivity index (χ0) is 21.1. The Morgan fingerprint density at radius 3 is 2.53 bits per heavy atom. The highest BCUT2D eigenvalue weighted by molar-refractivity contribution is 8.00. The summed E-state index contributed by atoms with van der Waals surface area (Å²) in [6.45, 7) is 6.13. The first-order valence-electron chi connectivity index (χ1n) is 10.4. The van der Waals surface area contributed by atoms with E-state index < -0.39 is 0 Å². The highest BCUT2D eigenvalue weighted by atomic mass is 32.2. The monoisotopic (exact) mass is 421 g/mol. The van der Waals surface area contributed by atoms with Gasteiger partial charge in [-0.3, -0.25) is 14.3 Å². The fourth-order valence-electron chi connectivity index (χ4n) is 3.73. The summed E-state index contributed by atoms with van der Waals surface area (Å²) < 4.78 is 2.03. The van der Waals surface area contributed by atoms with Crippen LogP contribution >= 0.6 is 11.8 Å². The van der Waals surface area contributed by atoms with Crippen molar-refractivity contribution >= 4 is 17.7 Å². The van der Waals surface area contributed by atoms with Crippen LogP contribution in [0.3, 0.4) is 0 Å². The molecule has 3 aromatic rings. The molecule has 0 spiro atoms. The number of carbonyl (C=O) groups excluding carboxylic acids is 1. The zero-order valence-corrected chi connectivity index (χ0v) is 18.4. The number of nitrogens with zero attached hydrogens (tertiary/aromatic N) is 4. The molecular weight excluding hydrogens is 394 g/mol. The third-order valence-corrected chi connectivity index (χ3v) is 6.72. The van der Waals surface area contributed by atoms with Crippen molar-refractivity contribution in [2.24, 2.45) is 0 Å². The number of hydrogen-bond acceptors (Lipinski definition) is 5. The van der Waals surface area contributed by atoms with Crippen molar-refractivity contribution < 1.29 is 4.79 Å². The summed E-state index contributed by atoms with van der Waals surface area (Å²) >= 11 is 1.44. The van der Waals surface area contributed by atoms with E-state index in [1.54, 1.807) is 12.4 Å². The maximum atomic E-state index is 12.7. The maximum absolute atomic E-state index is 12.7. The van der Waals surface area contributed by atoms with Crippen molar-refractivity contribution in [2.75, 3.05) is 0 Å². The molecule has 156 valence electrons. The smallest absolute Gasteiger partial charge is 0.233 e. The van der Waals surface area contributed by atoms with E-state index in [9.17, 15) is 4.79 Å². The Kier molecular flexibility index (Phi) is 6.18. The highest BCUT2D eigenvalue weighted by Crippen LogP contribution is 2.31. The summed E-state index contributed by atoms with van der Waals surface area (Å²) in [7, 11) is 0. The molecule has 1 saturated carbocycles. The van der Waals surface area contributed by atoms with Gasteiger partial charge in [0.1, 0.15) is 0 Å². The van der Waals surface area contributed by atoms with Crippen LogP contribution in [0.5, 0.6) is 0 Å². The van der Waals surface area contributed by atoms with Crippen LogP contribution in [0, 0.1) is 13.8 Å². The Hall–Kier alpha value is -2.67. The Balaban J connectivity index is 1.66. The minimum absolute atomic E-state index is 0.0620. The van der Waals surface area contributed by atoms with Gasteiger partial charge in [0.05, 0.1) is 10.9 Å². The predicted molar refractivity (Wildman–Crippen MR) is 120 cm³/mol. The van der Waals surface area contributed by atoms with Gasteiger partial charge in [0.15, 0.2) is 11.0 Å². The standard InChI is InChI=1S/C23H27N5OS/c1-15-8-9-20(14-16(15)2)28-21(18-10-12-24-13-11-18)26-27-23(28)30-17(3)22(29)25-19-6-4-5-7-19/h8-14,17,19H,4-7H2,1-3H3,(H,25,29)/t17-/m0/s1. The Labute approximate surface area is 181 Å². The second kappa shape index (κ2) is 9.00. The molecule has 30 heavy (non-hydrogen) atoms. The van der Waals surface area contributed by atoms with E-state index in [1.165, 1.54) is 35.7 Å². The van der Waals surface area contributed by atoms with Gasteiger partial charge < -0.3 is 5.32 Å². The van der Waals surface area contributed by atoms with Gasteiger partial charge in [0, 0.05) is 24.0 Å². The molecule has 0 saturated heterocycles. The van der Waals surface area contributed by atoms with Gasteiger partial charge in [-0.1, -0.05) is 30.7 Å². The lowest BCUT2D eigenvalue weighted by Gasteiger charge is -2.17. The van der Waals surface area contributed by atoms with E-state index in [0.717, 1.165) is 29.9 Å². The highest BCUT2D eigenvalue weighted by Gasteiger charge is 2.24. The SMILES string of the molecule is Cc1ccc(-n2c(S[C@@H](C)C(=O)NC3CCCC3)nnc2-c2ccncc2)cc1C. The summed E-state index contributed by atoms with van der Waals surface area (Å²) in [5, 5.41) is 12.6. The van der Waals surface area contributed by atoms with Crippen LogP contribution in [0.25, 0.3) is 17.1 Å². The van der Waals surface area contributed by atoms with E-state index >= 15 is 0 Å². The number of aryl methyl sites for hydroxylation is 2. The molecule has 1 atom stereocenters. The van der Waals surface area contributed by atoms with Crippen molar-refractivity contribution in [3.05, 3.63) is 53.9 Å². The van der Waals surface area contributed by atoms with Gasteiger partial charge in [-0.25, -0.2) is 0 Å². The van der Waals surface area contributed by atoms with Crippen LogP contribution in [0.4, 0.5) is 0 Å². The fraction of sp³-hybridized carbons (Fsp3) is 0.391. The summed E-state index contributed by atoms with van der Waals surface area (Å²) in [6.07, 6.45) is 8.05. The Morgan fingerprint density at radius 2 is 1.83 bits per heavy atom. The molecule has 1 amide bonds. The molecule has 1 aliphatic carbocycles. The molecule has 2 heterocycles. The lowest BCUT2D eigenvalue weighted by Crippen LogP contribution is -2.37. The molecular formula is C23H27N5OS. The molecule has 2 aromatic heterocycles. The number of pyridine rings is 1. The molecule has 7 heteroatoms. The first-order valence-corrected chi connectivity index (χ1v) is 11.3. The fourth-order valence-corrected chi connectivity index (χ4v) is 4.61. The third kappa shape index (κ3) is 4.41. The molecule has 0 radical (unpaired) electrons. The van der Waals surface area contributed by atoms with Crippen LogP contribution in [0.15, 0.2) is 47.9 Å². The average molecular weight is 422 g/mol. The van der Waals surface area contributed by atoms with Crippen molar-refractivity contribution in [1.82, 2.24) is 25.1 Å². The summed E-state index contributed by atoms with van der Waals surface area (Å²) in [5.41, 5.74) is 4.35. The van der Waals surface area contributed by atoms with Gasteiger partial charge >= 0.3 is 0 Å². The van der Waals surface area contributed by atoms with Crippen LogP contribution < -0.4 is 5.32 Å². The number of carbonyl (C=O) groups is 1. The lowest BCUT2D eigenvalue weighted by atomic mass is 10.1. The van der Waals surface area contributed by atoms with Crippen molar-refractivity contribution in [2.45, 2.75) is 62.9 Å². The first-order chi connectivity index (χ1) is 14.5. The second-order valence-electron chi connectivity index (χ2n) is 7.90. The van der Waals surface area contributed by atoms with E-state index in [0.29, 0.717) is 11.2 Å². The molecule has 1 aromatic carbocycles. The lowest BCUT2D eigenvalue weighted by molar-refractivity contribution is -0.120. The number of aromatic nitrogens is 4. The number of benzene rings is 1. The molecule has 1 aliphatic rings. The van der Waals surface area contributed by atoms with Gasteiger partial charge in [-0.15, -0.1) is 10.2 Å². The zero-order valence-electron chi connectivity index (χ0n) is 17.6. The van der Waals surface area contributed by atoms with E-state index in [-0.39, 0.29) is 11.2 Å². The van der Waals surface area contributed by atoms with Crippen molar-refractivity contribution in [1.29, 1.82) is 0 Å². The van der Waals surface area contributed by atoms with E-state index in [2.05, 4.69) is 52.5 Å². The van der Waals surface area contributed by atoms with Gasteiger partial charge in [-0.05, 0) is 69.0 Å². The molecule has 6 nitrogen and oxygen atoms in total. The first kappa shape index (κ1) is 20.6. The number of amides is 1. The molecule has 4 rings (SSSR count). The summed E-state index contributed by atoms with van der Waals surface area (Å²) in [6, 6.07) is 10.5. The molecule has 0 bridgehead atoms. The Bertz CT molecular complexity index is 1030. The van der Waals surface area contributed by atoms with Crippen molar-refractivity contribution in [3.8, 4) is 17.1 Å². The van der Waals surface area contributed by atoms with Crippen LogP contribution in [0.1, 0.15) is 43.7 Å². The van der Waals surface area contributed by atoms with Crippen LogP contribution in [0.2, 0.25) is 0 Å². The van der Waals surface area contributed by atoms with Gasteiger partial charge in [-0.2, -0.15) is 0 Å². The maximum Gasteiger partial charge on any atom is 0.233 e. The van der Waals surface area contributed by atoms with Gasteiger partial charge in [0.25, 0.3) is 0 Å². The largest absolute Gasteiger partial charge is 0.352 e. The minimum atomic E-state index is -0.259. The van der Waals surface area contributed by atoms with Gasteiger partial charge in [0.2, 0.25) is 5.91 Å². The third-order valence-electron chi connectivity index (χ3n) is 5.67. The topological polar surface area (TPSA) is 72.7 Å². The van der Waals surface area contributed by atoms with Crippen molar-refractivity contribution in [3.63, 3.8) is 0 Å². The average Bonchev–Trinajstić information content (AvgIpc) is 3.40. The molecule has 0 unspecified atom stereocenters. The molecule has 0 aliphatic heterocycles. The predicted octanol–water partition coefficient (Wildman–Crippen LogP) is 4.49. The normalized spacial score (nSPS) is 15.3. The number of rotatable bonds is 6. The number of nitrogens with one attached hydrogen (secondary N) is 1. The summed E-state index contributed by atoms with van der Waals surface area (Å²) in [5.74, 6) is 0.804. The quantitative estimate of drug-likeness (QED) is 0.594. The Morgan fingerprint density at radius 1 is 1.10 bits per heavy atom. The molecule has 1 N–H and O–H groups in total. The number of hydrogen-bond donors (Lipinski definition) is 1. The second-order valence-corrected chi connectivity index (χ2v) is 9.20. The minimum Gasteiger partial charge on any atom is -0.352 e. The summed E-state index contributed by atoms with van der Waals surface area (Å²) in [4.78, 5) is 16.8. The number of thioether (sulfide) groups is 1. The van der Waals surface area contributed by atoms with E-state index in [1.807, 2.05) is 23.6 Å². The molecule has 1 fully saturated rings.